The first kappa shape index (κ1) is 23.4. The van der Waals surface area contributed by atoms with E-state index in [1.54, 1.807) is 18.2 Å². The van der Waals surface area contributed by atoms with Crippen molar-refractivity contribution >= 4 is 27.6 Å². The van der Waals surface area contributed by atoms with Gasteiger partial charge in [-0.2, -0.15) is 9.57 Å². The van der Waals surface area contributed by atoms with Crippen LogP contribution < -0.4 is 5.32 Å². The molecule has 1 heterocycles. The number of sulfonamides is 1. The van der Waals surface area contributed by atoms with E-state index in [1.165, 1.54) is 29.4 Å². The summed E-state index contributed by atoms with van der Waals surface area (Å²) in [6.45, 7) is 1.66. The number of anilines is 1. The first-order valence-electron chi connectivity index (χ1n) is 9.98. The van der Waals surface area contributed by atoms with E-state index in [9.17, 15) is 22.4 Å². The Balaban J connectivity index is 1.53. The third kappa shape index (κ3) is 5.49. The van der Waals surface area contributed by atoms with Crippen molar-refractivity contribution in [2.45, 2.75) is 30.8 Å². The molecule has 0 saturated carbocycles. The lowest BCUT2D eigenvalue weighted by molar-refractivity contribution is -0.158. The number of nitriles is 1. The standard InChI is InChI=1S/C22H22FN3O5S/c1-15(21(27)25-19-4-2-3-16(13-19)14-24)31-22(28)17-9-11-26(12-10-17)32(29,30)20-7-5-18(23)6-8-20/h2-8,13,15,17H,9-12H2,1H3,(H,25,27)/t15-/m1/s1. The molecule has 0 aliphatic carbocycles. The zero-order valence-electron chi connectivity index (χ0n) is 17.3. The van der Waals surface area contributed by atoms with Crippen molar-refractivity contribution in [2.75, 3.05) is 18.4 Å². The number of amides is 1. The van der Waals surface area contributed by atoms with Gasteiger partial charge in [0.25, 0.3) is 5.91 Å². The van der Waals surface area contributed by atoms with Crippen LogP contribution in [0.1, 0.15) is 25.3 Å². The maximum absolute atomic E-state index is 13.1. The number of hydrogen-bond donors (Lipinski definition) is 1. The third-order valence-corrected chi connectivity index (χ3v) is 7.07. The molecule has 0 unspecified atom stereocenters. The zero-order chi connectivity index (χ0) is 23.3. The van der Waals surface area contributed by atoms with Crippen LogP contribution >= 0.6 is 0 Å². The first-order chi connectivity index (χ1) is 15.2. The maximum atomic E-state index is 13.1. The van der Waals surface area contributed by atoms with E-state index in [0.717, 1.165) is 12.1 Å². The van der Waals surface area contributed by atoms with Crippen LogP contribution in [0, 0.1) is 23.1 Å². The summed E-state index contributed by atoms with van der Waals surface area (Å²) in [7, 11) is -3.78. The highest BCUT2D eigenvalue weighted by molar-refractivity contribution is 7.89. The fraction of sp³-hybridized carbons (Fsp3) is 0.318. The summed E-state index contributed by atoms with van der Waals surface area (Å²) < 4.78 is 45.0. The molecule has 0 radical (unpaired) electrons. The second-order valence-corrected chi connectivity index (χ2v) is 9.33. The van der Waals surface area contributed by atoms with Crippen LogP contribution in [0.2, 0.25) is 0 Å². The van der Waals surface area contributed by atoms with Crippen LogP contribution in [-0.4, -0.2) is 43.8 Å². The molecule has 8 nitrogen and oxygen atoms in total. The van der Waals surface area contributed by atoms with Crippen LogP contribution in [0.25, 0.3) is 0 Å². The molecule has 3 rings (SSSR count). The average molecular weight is 459 g/mol. The lowest BCUT2D eigenvalue weighted by Gasteiger charge is -2.30. The largest absolute Gasteiger partial charge is 0.452 e. The highest BCUT2D eigenvalue weighted by Gasteiger charge is 2.34. The van der Waals surface area contributed by atoms with Gasteiger partial charge in [0.15, 0.2) is 6.10 Å². The normalized spacial score (nSPS) is 16.0. The molecule has 0 aromatic heterocycles. The van der Waals surface area contributed by atoms with Crippen LogP contribution in [-0.2, 0) is 24.3 Å². The van der Waals surface area contributed by atoms with E-state index in [-0.39, 0.29) is 30.8 Å². The number of nitrogens with zero attached hydrogens (tertiary/aromatic N) is 2. The molecule has 10 heteroatoms. The van der Waals surface area contributed by atoms with Crippen LogP contribution in [0.3, 0.4) is 0 Å². The molecule has 2 aromatic carbocycles. The van der Waals surface area contributed by atoms with Gasteiger partial charge in [0.05, 0.1) is 22.4 Å². The topological polar surface area (TPSA) is 117 Å². The van der Waals surface area contributed by atoms with Crippen molar-refractivity contribution in [2.24, 2.45) is 5.92 Å². The lowest BCUT2D eigenvalue weighted by Crippen LogP contribution is -2.41. The van der Waals surface area contributed by atoms with Gasteiger partial charge in [-0.15, -0.1) is 0 Å². The Labute approximate surface area is 185 Å². The van der Waals surface area contributed by atoms with E-state index >= 15 is 0 Å². The average Bonchev–Trinajstić information content (AvgIpc) is 2.79. The van der Waals surface area contributed by atoms with Crippen LogP contribution in [0.15, 0.2) is 53.4 Å². The van der Waals surface area contributed by atoms with E-state index in [1.807, 2.05) is 6.07 Å². The number of nitrogens with one attached hydrogen (secondary N) is 1. The number of ether oxygens (including phenoxy) is 1. The van der Waals surface area contributed by atoms with E-state index < -0.39 is 39.7 Å². The molecular formula is C22H22FN3O5S. The molecule has 1 aliphatic rings. The molecular weight excluding hydrogens is 437 g/mol. The van der Waals surface area contributed by atoms with Gasteiger partial charge in [-0.25, -0.2) is 12.8 Å². The number of esters is 1. The molecule has 1 saturated heterocycles. The highest BCUT2D eigenvalue weighted by Crippen LogP contribution is 2.25. The number of benzene rings is 2. The lowest BCUT2D eigenvalue weighted by atomic mass is 9.98. The minimum Gasteiger partial charge on any atom is -0.452 e. The number of carbonyl (C=O) groups is 2. The Hall–Kier alpha value is -3.29. The molecule has 1 atom stereocenters. The number of rotatable bonds is 6. The molecule has 1 aliphatic heterocycles. The van der Waals surface area contributed by atoms with Gasteiger partial charge < -0.3 is 10.1 Å². The quantitative estimate of drug-likeness (QED) is 0.664. The van der Waals surface area contributed by atoms with Gasteiger partial charge in [-0.3, -0.25) is 9.59 Å². The molecule has 2 aromatic rings. The highest BCUT2D eigenvalue weighted by atomic mass is 32.2. The SMILES string of the molecule is C[C@@H](OC(=O)C1CCN(S(=O)(=O)c2ccc(F)cc2)CC1)C(=O)Nc1cccc(C#N)c1. The molecule has 0 spiro atoms. The number of piperidine rings is 1. The molecule has 1 amide bonds. The smallest absolute Gasteiger partial charge is 0.309 e. The van der Waals surface area contributed by atoms with Gasteiger partial charge in [-0.05, 0) is 62.2 Å². The maximum Gasteiger partial charge on any atom is 0.309 e. The predicted molar refractivity (Wildman–Crippen MR) is 113 cm³/mol. The fourth-order valence-electron chi connectivity index (χ4n) is 3.32. The van der Waals surface area contributed by atoms with Crippen molar-refractivity contribution in [3.63, 3.8) is 0 Å². The Morgan fingerprint density at radius 2 is 1.84 bits per heavy atom. The van der Waals surface area contributed by atoms with Crippen LogP contribution in [0.4, 0.5) is 10.1 Å². The molecule has 168 valence electrons. The van der Waals surface area contributed by atoms with Gasteiger partial charge >= 0.3 is 5.97 Å². The minimum atomic E-state index is -3.78. The summed E-state index contributed by atoms with van der Waals surface area (Å²) in [6, 6.07) is 12.9. The van der Waals surface area contributed by atoms with Gasteiger partial charge in [0, 0.05) is 18.8 Å². The fourth-order valence-corrected chi connectivity index (χ4v) is 4.79. The summed E-state index contributed by atoms with van der Waals surface area (Å²) in [5, 5.41) is 11.5. The Morgan fingerprint density at radius 3 is 2.47 bits per heavy atom. The zero-order valence-corrected chi connectivity index (χ0v) is 18.1. The van der Waals surface area contributed by atoms with Crippen molar-refractivity contribution < 1.29 is 27.1 Å². The molecule has 32 heavy (non-hydrogen) atoms. The Kier molecular flexibility index (Phi) is 7.22. The third-order valence-electron chi connectivity index (χ3n) is 5.16. The monoisotopic (exact) mass is 459 g/mol. The van der Waals surface area contributed by atoms with E-state index in [2.05, 4.69) is 5.32 Å². The van der Waals surface area contributed by atoms with E-state index in [4.69, 9.17) is 10.00 Å². The summed E-state index contributed by atoms with van der Waals surface area (Å²) in [5.41, 5.74) is 0.797. The van der Waals surface area contributed by atoms with Crippen molar-refractivity contribution in [1.29, 1.82) is 5.26 Å². The molecule has 0 bridgehead atoms. The summed E-state index contributed by atoms with van der Waals surface area (Å²) in [6.07, 6.45) is -0.565. The Bertz CT molecular complexity index is 1140. The summed E-state index contributed by atoms with van der Waals surface area (Å²) in [4.78, 5) is 24.8. The second kappa shape index (κ2) is 9.89. The van der Waals surface area contributed by atoms with Gasteiger partial charge in [-0.1, -0.05) is 6.07 Å². The van der Waals surface area contributed by atoms with Crippen molar-refractivity contribution in [3.8, 4) is 6.07 Å². The Morgan fingerprint density at radius 1 is 1.19 bits per heavy atom. The first-order valence-corrected chi connectivity index (χ1v) is 11.4. The summed E-state index contributed by atoms with van der Waals surface area (Å²) >= 11 is 0. The number of hydrogen-bond acceptors (Lipinski definition) is 6. The second-order valence-electron chi connectivity index (χ2n) is 7.39. The minimum absolute atomic E-state index is 0.00862. The molecule has 1 fully saturated rings. The van der Waals surface area contributed by atoms with E-state index in [0.29, 0.717) is 11.3 Å². The van der Waals surface area contributed by atoms with Crippen molar-refractivity contribution in [3.05, 3.63) is 59.9 Å². The van der Waals surface area contributed by atoms with Crippen molar-refractivity contribution in [1.82, 2.24) is 4.31 Å². The summed E-state index contributed by atoms with van der Waals surface area (Å²) in [5.74, 6) is -2.17. The number of carbonyl (C=O) groups excluding carboxylic acids is 2. The number of halogens is 1. The van der Waals surface area contributed by atoms with Crippen LogP contribution in [0.5, 0.6) is 0 Å². The predicted octanol–water partition coefficient (Wildman–Crippen LogP) is 2.67. The molecule has 1 N–H and O–H groups in total. The van der Waals surface area contributed by atoms with Gasteiger partial charge in [0.1, 0.15) is 5.82 Å². The van der Waals surface area contributed by atoms with Gasteiger partial charge in [0.2, 0.25) is 10.0 Å².